The van der Waals surface area contributed by atoms with Crippen LogP contribution in [0.25, 0.3) is 0 Å². The summed E-state index contributed by atoms with van der Waals surface area (Å²) in [6.45, 7) is 4.00. The molecular formula is C18H22N4O2. The zero-order chi connectivity index (χ0) is 16.8. The number of para-hydroxylation sites is 1. The summed E-state index contributed by atoms with van der Waals surface area (Å²) in [4.78, 5) is 23.0. The standard InChI is InChI=1S/C18H22N4O2/c1-2-22(14-7-4-3-5-8-14)17(23)16-10-11-19-18(21-16)20-13-15-9-6-12-24-15/h3-5,7-8,10-11,15H,2,6,9,12-13H2,1H3,(H,19,20,21). The summed E-state index contributed by atoms with van der Waals surface area (Å²) in [5.41, 5.74) is 1.24. The Morgan fingerprint density at radius 3 is 2.88 bits per heavy atom. The second-order valence-electron chi connectivity index (χ2n) is 5.67. The molecule has 0 radical (unpaired) electrons. The van der Waals surface area contributed by atoms with E-state index in [2.05, 4.69) is 15.3 Å². The molecule has 1 N–H and O–H groups in total. The third kappa shape index (κ3) is 3.89. The molecule has 1 atom stereocenters. The smallest absolute Gasteiger partial charge is 0.277 e. The van der Waals surface area contributed by atoms with Gasteiger partial charge >= 0.3 is 0 Å². The maximum atomic E-state index is 12.8. The fraction of sp³-hybridized carbons (Fsp3) is 0.389. The molecule has 1 fully saturated rings. The van der Waals surface area contributed by atoms with E-state index in [1.165, 1.54) is 0 Å². The van der Waals surface area contributed by atoms with Crippen LogP contribution in [-0.4, -0.2) is 41.7 Å². The van der Waals surface area contributed by atoms with Crippen molar-refractivity contribution in [3.8, 4) is 0 Å². The number of nitrogens with zero attached hydrogens (tertiary/aromatic N) is 3. The van der Waals surface area contributed by atoms with Gasteiger partial charge in [-0.2, -0.15) is 0 Å². The van der Waals surface area contributed by atoms with Gasteiger partial charge in [-0.1, -0.05) is 18.2 Å². The summed E-state index contributed by atoms with van der Waals surface area (Å²) in [6.07, 6.45) is 3.94. The molecule has 24 heavy (non-hydrogen) atoms. The van der Waals surface area contributed by atoms with Crippen molar-refractivity contribution in [3.05, 3.63) is 48.3 Å². The number of amides is 1. The lowest BCUT2D eigenvalue weighted by Gasteiger charge is -2.20. The number of hydrogen-bond acceptors (Lipinski definition) is 5. The van der Waals surface area contributed by atoms with Crippen LogP contribution in [0.15, 0.2) is 42.6 Å². The van der Waals surface area contributed by atoms with Crippen LogP contribution in [0.4, 0.5) is 11.6 Å². The van der Waals surface area contributed by atoms with Gasteiger partial charge < -0.3 is 15.0 Å². The highest BCUT2D eigenvalue weighted by Gasteiger charge is 2.19. The predicted octanol–water partition coefficient (Wildman–Crippen LogP) is 2.73. The Morgan fingerprint density at radius 1 is 1.33 bits per heavy atom. The lowest BCUT2D eigenvalue weighted by atomic mass is 10.2. The molecule has 0 aliphatic carbocycles. The average Bonchev–Trinajstić information content (AvgIpc) is 3.15. The Labute approximate surface area is 141 Å². The molecule has 0 saturated carbocycles. The molecule has 1 unspecified atom stereocenters. The first-order chi connectivity index (χ1) is 11.8. The summed E-state index contributed by atoms with van der Waals surface area (Å²) in [7, 11) is 0. The van der Waals surface area contributed by atoms with E-state index in [4.69, 9.17) is 4.74 Å². The van der Waals surface area contributed by atoms with E-state index < -0.39 is 0 Å². The molecule has 0 bridgehead atoms. The molecule has 2 aromatic rings. The van der Waals surface area contributed by atoms with Crippen LogP contribution >= 0.6 is 0 Å². The van der Waals surface area contributed by atoms with E-state index in [0.29, 0.717) is 24.7 Å². The Balaban J connectivity index is 1.71. The fourth-order valence-corrected chi connectivity index (χ4v) is 2.76. The van der Waals surface area contributed by atoms with Crippen molar-refractivity contribution in [2.24, 2.45) is 0 Å². The van der Waals surface area contributed by atoms with E-state index in [-0.39, 0.29) is 12.0 Å². The predicted molar refractivity (Wildman–Crippen MR) is 93.3 cm³/mol. The maximum Gasteiger partial charge on any atom is 0.277 e. The molecule has 126 valence electrons. The monoisotopic (exact) mass is 326 g/mol. The molecular weight excluding hydrogens is 304 g/mol. The van der Waals surface area contributed by atoms with Crippen LogP contribution in [0, 0.1) is 0 Å². The minimum atomic E-state index is -0.133. The first kappa shape index (κ1) is 16.4. The van der Waals surface area contributed by atoms with E-state index in [1.54, 1.807) is 17.2 Å². The van der Waals surface area contributed by atoms with Crippen LogP contribution < -0.4 is 10.2 Å². The van der Waals surface area contributed by atoms with Crippen LogP contribution in [-0.2, 0) is 4.74 Å². The number of aromatic nitrogens is 2. The molecule has 1 aliphatic heterocycles. The highest BCUT2D eigenvalue weighted by atomic mass is 16.5. The van der Waals surface area contributed by atoms with Crippen molar-refractivity contribution in [2.45, 2.75) is 25.9 Å². The summed E-state index contributed by atoms with van der Waals surface area (Å²) >= 11 is 0. The lowest BCUT2D eigenvalue weighted by molar-refractivity contribution is 0.0983. The van der Waals surface area contributed by atoms with Gasteiger partial charge in [-0.25, -0.2) is 9.97 Å². The number of rotatable bonds is 6. The van der Waals surface area contributed by atoms with E-state index in [0.717, 1.165) is 25.1 Å². The fourth-order valence-electron chi connectivity index (χ4n) is 2.76. The summed E-state index contributed by atoms with van der Waals surface area (Å²) in [5.74, 6) is 0.326. The Morgan fingerprint density at radius 2 is 2.17 bits per heavy atom. The molecule has 1 aromatic heterocycles. The van der Waals surface area contributed by atoms with Gasteiger partial charge in [0.15, 0.2) is 0 Å². The quantitative estimate of drug-likeness (QED) is 0.884. The number of carbonyl (C=O) groups excluding carboxylic acids is 1. The van der Waals surface area contributed by atoms with Gasteiger partial charge in [0.1, 0.15) is 5.69 Å². The molecule has 6 nitrogen and oxygen atoms in total. The molecule has 1 saturated heterocycles. The molecule has 1 amide bonds. The molecule has 0 spiro atoms. The highest BCUT2D eigenvalue weighted by molar-refractivity contribution is 6.04. The van der Waals surface area contributed by atoms with E-state index in [1.807, 2.05) is 37.3 Å². The molecule has 6 heteroatoms. The van der Waals surface area contributed by atoms with Crippen LogP contribution in [0.1, 0.15) is 30.3 Å². The second kappa shape index (κ2) is 7.88. The van der Waals surface area contributed by atoms with Crippen LogP contribution in [0.3, 0.4) is 0 Å². The number of nitrogens with one attached hydrogen (secondary N) is 1. The van der Waals surface area contributed by atoms with Crippen molar-refractivity contribution in [1.82, 2.24) is 9.97 Å². The van der Waals surface area contributed by atoms with E-state index in [9.17, 15) is 4.79 Å². The van der Waals surface area contributed by atoms with Gasteiger partial charge in [0.05, 0.1) is 6.10 Å². The lowest BCUT2D eigenvalue weighted by Crippen LogP contribution is -2.31. The van der Waals surface area contributed by atoms with Crippen LogP contribution in [0.2, 0.25) is 0 Å². The third-order valence-corrected chi connectivity index (χ3v) is 4.02. The number of benzene rings is 1. The normalized spacial score (nSPS) is 16.8. The second-order valence-corrected chi connectivity index (χ2v) is 5.67. The SMILES string of the molecule is CCN(C(=O)c1ccnc(NCC2CCCO2)n1)c1ccccc1. The van der Waals surface area contributed by atoms with Gasteiger partial charge in [-0.05, 0) is 38.0 Å². The van der Waals surface area contributed by atoms with Crippen LogP contribution in [0.5, 0.6) is 0 Å². The molecule has 1 aliphatic rings. The Kier molecular flexibility index (Phi) is 5.38. The minimum Gasteiger partial charge on any atom is -0.376 e. The third-order valence-electron chi connectivity index (χ3n) is 4.02. The summed E-state index contributed by atoms with van der Waals surface area (Å²) in [6, 6.07) is 11.2. The maximum absolute atomic E-state index is 12.8. The highest BCUT2D eigenvalue weighted by Crippen LogP contribution is 2.16. The Hall–Kier alpha value is -2.47. The molecule has 1 aromatic carbocycles. The number of carbonyl (C=O) groups is 1. The zero-order valence-corrected chi connectivity index (χ0v) is 13.8. The molecule has 2 heterocycles. The van der Waals surface area contributed by atoms with Gasteiger partial charge in [0, 0.05) is 31.6 Å². The van der Waals surface area contributed by atoms with E-state index >= 15 is 0 Å². The topological polar surface area (TPSA) is 67.4 Å². The van der Waals surface area contributed by atoms with Gasteiger partial charge in [0.25, 0.3) is 5.91 Å². The van der Waals surface area contributed by atoms with Crippen molar-refractivity contribution in [2.75, 3.05) is 29.9 Å². The first-order valence-electron chi connectivity index (χ1n) is 8.33. The number of anilines is 2. The van der Waals surface area contributed by atoms with Gasteiger partial charge in [0.2, 0.25) is 5.95 Å². The largest absolute Gasteiger partial charge is 0.376 e. The zero-order valence-electron chi connectivity index (χ0n) is 13.8. The minimum absolute atomic E-state index is 0.133. The summed E-state index contributed by atoms with van der Waals surface area (Å²) in [5, 5.41) is 3.16. The van der Waals surface area contributed by atoms with Crippen molar-refractivity contribution in [1.29, 1.82) is 0 Å². The Bertz CT molecular complexity index is 672. The molecule has 3 rings (SSSR count). The van der Waals surface area contributed by atoms with Crippen molar-refractivity contribution >= 4 is 17.5 Å². The average molecular weight is 326 g/mol. The number of hydrogen-bond donors (Lipinski definition) is 1. The van der Waals surface area contributed by atoms with Crippen molar-refractivity contribution in [3.63, 3.8) is 0 Å². The van der Waals surface area contributed by atoms with Gasteiger partial charge in [-0.3, -0.25) is 4.79 Å². The van der Waals surface area contributed by atoms with Gasteiger partial charge in [-0.15, -0.1) is 0 Å². The number of ether oxygens (including phenoxy) is 1. The van der Waals surface area contributed by atoms with Crippen molar-refractivity contribution < 1.29 is 9.53 Å². The first-order valence-corrected chi connectivity index (χ1v) is 8.33. The summed E-state index contributed by atoms with van der Waals surface area (Å²) < 4.78 is 5.57.